The lowest BCUT2D eigenvalue weighted by Crippen LogP contribution is -2.10. The summed E-state index contributed by atoms with van der Waals surface area (Å²) in [6.45, 7) is 1.95. The molecule has 0 bridgehead atoms. The molecule has 0 spiro atoms. The van der Waals surface area contributed by atoms with Gasteiger partial charge in [0, 0.05) is 5.56 Å². The number of nitrogen functional groups attached to an aromatic ring is 1. The molecule has 0 aromatic heterocycles. The predicted molar refractivity (Wildman–Crippen MR) is 70.6 cm³/mol. The molecule has 2 aromatic carbocycles. The van der Waals surface area contributed by atoms with Gasteiger partial charge in [-0.05, 0) is 42.8 Å². The zero-order valence-corrected chi connectivity index (χ0v) is 10.0. The van der Waals surface area contributed by atoms with Crippen molar-refractivity contribution < 1.29 is 9.53 Å². The molecule has 1 amide bonds. The Kier molecular flexibility index (Phi) is 3.19. The second kappa shape index (κ2) is 4.79. The van der Waals surface area contributed by atoms with E-state index in [0.717, 1.165) is 5.56 Å². The summed E-state index contributed by atoms with van der Waals surface area (Å²) in [6, 6.07) is 12.2. The van der Waals surface area contributed by atoms with Crippen LogP contribution in [0.3, 0.4) is 0 Å². The second-order valence-corrected chi connectivity index (χ2v) is 4.04. The van der Waals surface area contributed by atoms with Crippen LogP contribution in [-0.2, 0) is 0 Å². The minimum absolute atomic E-state index is 0.401. The number of anilines is 1. The van der Waals surface area contributed by atoms with Crippen LogP contribution in [0.2, 0.25) is 0 Å². The van der Waals surface area contributed by atoms with Crippen LogP contribution in [0.15, 0.2) is 42.5 Å². The van der Waals surface area contributed by atoms with Gasteiger partial charge in [0.25, 0.3) is 0 Å². The molecule has 92 valence electrons. The zero-order valence-electron chi connectivity index (χ0n) is 10.0. The Hall–Kier alpha value is -2.49. The van der Waals surface area contributed by atoms with Gasteiger partial charge >= 0.3 is 0 Å². The largest absolute Gasteiger partial charge is 0.455 e. The molecule has 0 aliphatic heterocycles. The molecule has 0 atom stereocenters. The van der Waals surface area contributed by atoms with E-state index in [2.05, 4.69) is 0 Å². The van der Waals surface area contributed by atoms with Gasteiger partial charge in [0.15, 0.2) is 0 Å². The molecule has 4 heteroatoms. The number of benzene rings is 2. The van der Waals surface area contributed by atoms with Gasteiger partial charge in [-0.25, -0.2) is 0 Å². The fourth-order valence-corrected chi connectivity index (χ4v) is 1.60. The van der Waals surface area contributed by atoms with E-state index in [0.29, 0.717) is 22.7 Å². The van der Waals surface area contributed by atoms with Crippen molar-refractivity contribution in [2.75, 3.05) is 5.73 Å². The number of ether oxygens (including phenoxy) is 1. The number of hydrogen-bond donors (Lipinski definition) is 2. The molecule has 2 rings (SSSR count). The number of carbonyl (C=O) groups excluding carboxylic acids is 1. The summed E-state index contributed by atoms with van der Waals surface area (Å²) in [5, 5.41) is 0. The number of nitrogens with two attached hydrogens (primary N) is 2. The maximum absolute atomic E-state index is 11.1. The van der Waals surface area contributed by atoms with Crippen molar-refractivity contribution in [2.24, 2.45) is 5.73 Å². The molecule has 0 aliphatic carbocycles. The van der Waals surface area contributed by atoms with E-state index >= 15 is 0 Å². The Labute approximate surface area is 105 Å². The van der Waals surface area contributed by atoms with Crippen molar-refractivity contribution in [2.45, 2.75) is 6.92 Å². The third-order valence-electron chi connectivity index (χ3n) is 2.51. The number of carbonyl (C=O) groups is 1. The van der Waals surface area contributed by atoms with E-state index in [1.54, 1.807) is 30.3 Å². The van der Waals surface area contributed by atoms with Crippen molar-refractivity contribution in [3.63, 3.8) is 0 Å². The molecule has 0 unspecified atom stereocenters. The van der Waals surface area contributed by atoms with Gasteiger partial charge in [-0.15, -0.1) is 0 Å². The maximum Gasteiger partial charge on any atom is 0.248 e. The van der Waals surface area contributed by atoms with Crippen LogP contribution in [0.25, 0.3) is 0 Å². The first-order valence-corrected chi connectivity index (χ1v) is 5.50. The van der Waals surface area contributed by atoms with Crippen molar-refractivity contribution in [1.29, 1.82) is 0 Å². The number of amides is 1. The molecular weight excluding hydrogens is 228 g/mol. The van der Waals surface area contributed by atoms with Crippen LogP contribution in [0.5, 0.6) is 11.5 Å². The summed E-state index contributed by atoms with van der Waals surface area (Å²) >= 11 is 0. The number of aryl methyl sites for hydroxylation is 1. The molecule has 4 nitrogen and oxygen atoms in total. The smallest absolute Gasteiger partial charge is 0.248 e. The summed E-state index contributed by atoms with van der Waals surface area (Å²) in [5.41, 5.74) is 13.1. The molecule has 2 aromatic rings. The zero-order chi connectivity index (χ0) is 13.1. The third-order valence-corrected chi connectivity index (χ3v) is 2.51. The highest BCUT2D eigenvalue weighted by Crippen LogP contribution is 2.28. The first kappa shape index (κ1) is 12.0. The van der Waals surface area contributed by atoms with Crippen LogP contribution in [0, 0.1) is 6.92 Å². The predicted octanol–water partition coefficient (Wildman–Crippen LogP) is 2.47. The monoisotopic (exact) mass is 242 g/mol. The number of rotatable bonds is 3. The molecule has 0 saturated heterocycles. The van der Waals surface area contributed by atoms with E-state index in [1.165, 1.54) is 0 Å². The minimum atomic E-state index is -0.489. The summed E-state index contributed by atoms with van der Waals surface area (Å²) < 4.78 is 5.62. The average molecular weight is 242 g/mol. The lowest BCUT2D eigenvalue weighted by atomic mass is 10.2. The molecule has 0 saturated carbocycles. The quantitative estimate of drug-likeness (QED) is 0.811. The summed E-state index contributed by atoms with van der Waals surface area (Å²) in [4.78, 5) is 11.1. The summed E-state index contributed by atoms with van der Waals surface area (Å²) in [6.07, 6.45) is 0. The van der Waals surface area contributed by atoms with Gasteiger partial charge in [0.05, 0.1) is 5.69 Å². The van der Waals surface area contributed by atoms with Crippen LogP contribution in [-0.4, -0.2) is 5.91 Å². The van der Waals surface area contributed by atoms with Gasteiger partial charge in [-0.1, -0.05) is 12.1 Å². The van der Waals surface area contributed by atoms with Crippen LogP contribution < -0.4 is 16.2 Å². The van der Waals surface area contributed by atoms with E-state index in [-0.39, 0.29) is 0 Å². The summed E-state index contributed by atoms with van der Waals surface area (Å²) in [5.74, 6) is 0.599. The third kappa shape index (κ3) is 2.60. The van der Waals surface area contributed by atoms with Crippen LogP contribution in [0.1, 0.15) is 15.9 Å². The van der Waals surface area contributed by atoms with E-state index in [1.807, 2.05) is 19.1 Å². The van der Waals surface area contributed by atoms with Gasteiger partial charge in [0.2, 0.25) is 5.91 Å². The van der Waals surface area contributed by atoms with Gasteiger partial charge in [-0.3, -0.25) is 4.79 Å². The molecule has 4 N–H and O–H groups in total. The Bertz CT molecular complexity index is 594. The molecule has 0 radical (unpaired) electrons. The molecule has 18 heavy (non-hydrogen) atoms. The van der Waals surface area contributed by atoms with Crippen molar-refractivity contribution >= 4 is 11.6 Å². The molecular formula is C14H14N2O2. The highest BCUT2D eigenvalue weighted by Gasteiger charge is 2.05. The fourth-order valence-electron chi connectivity index (χ4n) is 1.60. The Balaban J connectivity index is 2.28. The van der Waals surface area contributed by atoms with Crippen molar-refractivity contribution in [3.8, 4) is 11.5 Å². The Morgan fingerprint density at radius 2 is 1.94 bits per heavy atom. The van der Waals surface area contributed by atoms with Gasteiger partial charge in [0.1, 0.15) is 11.5 Å². The topological polar surface area (TPSA) is 78.3 Å². The minimum Gasteiger partial charge on any atom is -0.455 e. The van der Waals surface area contributed by atoms with E-state index in [4.69, 9.17) is 16.2 Å². The molecule has 0 heterocycles. The summed E-state index contributed by atoms with van der Waals surface area (Å²) in [7, 11) is 0. The van der Waals surface area contributed by atoms with Gasteiger partial charge < -0.3 is 16.2 Å². The second-order valence-electron chi connectivity index (χ2n) is 4.04. The van der Waals surface area contributed by atoms with E-state index < -0.39 is 5.91 Å². The lowest BCUT2D eigenvalue weighted by molar-refractivity contribution is 0.1000. The fraction of sp³-hybridized carbons (Fsp3) is 0.0714. The molecule has 0 aliphatic rings. The molecule has 0 fully saturated rings. The van der Waals surface area contributed by atoms with Crippen molar-refractivity contribution in [1.82, 2.24) is 0 Å². The van der Waals surface area contributed by atoms with Crippen LogP contribution in [0.4, 0.5) is 5.69 Å². The first-order valence-electron chi connectivity index (χ1n) is 5.50. The average Bonchev–Trinajstić information content (AvgIpc) is 2.33. The standard InChI is InChI=1S/C14H14N2O2/c1-9-5-6-13(12(15)7-9)18-11-4-2-3-10(8-11)14(16)17/h2-8H,15H2,1H3,(H2,16,17). The first-order chi connectivity index (χ1) is 8.56. The Morgan fingerprint density at radius 1 is 1.17 bits per heavy atom. The van der Waals surface area contributed by atoms with Crippen molar-refractivity contribution in [3.05, 3.63) is 53.6 Å². The highest BCUT2D eigenvalue weighted by molar-refractivity contribution is 5.93. The number of primary amides is 1. The van der Waals surface area contributed by atoms with E-state index in [9.17, 15) is 4.79 Å². The number of hydrogen-bond acceptors (Lipinski definition) is 3. The van der Waals surface area contributed by atoms with Crippen LogP contribution >= 0.6 is 0 Å². The lowest BCUT2D eigenvalue weighted by Gasteiger charge is -2.09. The Morgan fingerprint density at radius 3 is 2.61 bits per heavy atom. The normalized spacial score (nSPS) is 10.1. The highest BCUT2D eigenvalue weighted by atomic mass is 16.5. The van der Waals surface area contributed by atoms with Gasteiger partial charge in [-0.2, -0.15) is 0 Å². The maximum atomic E-state index is 11.1. The SMILES string of the molecule is Cc1ccc(Oc2cccc(C(N)=O)c2)c(N)c1.